The van der Waals surface area contributed by atoms with Crippen molar-refractivity contribution in [3.05, 3.63) is 40.6 Å². The lowest BCUT2D eigenvalue weighted by molar-refractivity contribution is -0.383. The summed E-state index contributed by atoms with van der Waals surface area (Å²) in [4.78, 5) is 34.2. The molecule has 8 nitrogen and oxygen atoms in total. The lowest BCUT2D eigenvalue weighted by atomic mass is 10.1. The fraction of sp³-hybridized carbons (Fsp3) is 0.500. The Hall–Kier alpha value is -2.74. The number of carbonyl (C=O) groups excluding carboxylic acids is 1. The van der Waals surface area contributed by atoms with Gasteiger partial charge in [-0.15, -0.1) is 0 Å². The molecule has 0 unspecified atom stereocenters. The number of nitro benzene ring substituents is 1. The van der Waals surface area contributed by atoms with Gasteiger partial charge < -0.3 is 9.80 Å². The van der Waals surface area contributed by atoms with Crippen LogP contribution in [0.2, 0.25) is 0 Å². The molecule has 0 aliphatic carbocycles. The van der Waals surface area contributed by atoms with Gasteiger partial charge in [-0.05, 0) is 37.5 Å². The second-order valence-corrected chi connectivity index (χ2v) is 7.47. The number of rotatable bonds is 4. The van der Waals surface area contributed by atoms with Gasteiger partial charge in [0.2, 0.25) is 5.91 Å². The van der Waals surface area contributed by atoms with Crippen LogP contribution in [0.15, 0.2) is 30.5 Å². The molecular formula is C20H25N5O3. The Morgan fingerprint density at radius 2 is 1.79 bits per heavy atom. The lowest BCUT2D eigenvalue weighted by Crippen LogP contribution is -2.50. The number of hydrogen-bond acceptors (Lipinski definition) is 6. The van der Waals surface area contributed by atoms with E-state index in [1.54, 1.807) is 30.5 Å². The zero-order valence-corrected chi connectivity index (χ0v) is 15.9. The molecule has 1 amide bonds. The van der Waals surface area contributed by atoms with Crippen LogP contribution in [0.1, 0.15) is 19.3 Å². The third-order valence-electron chi connectivity index (χ3n) is 5.70. The fourth-order valence-corrected chi connectivity index (χ4v) is 4.14. The molecule has 0 saturated carbocycles. The van der Waals surface area contributed by atoms with Crippen molar-refractivity contribution in [2.24, 2.45) is 0 Å². The van der Waals surface area contributed by atoms with E-state index < -0.39 is 0 Å². The number of nitro groups is 1. The fourth-order valence-electron chi connectivity index (χ4n) is 4.14. The molecule has 2 saturated heterocycles. The monoisotopic (exact) mass is 383 g/mol. The summed E-state index contributed by atoms with van der Waals surface area (Å²) in [5, 5.41) is 11.9. The number of anilines is 1. The van der Waals surface area contributed by atoms with Crippen molar-refractivity contribution >= 4 is 28.2 Å². The molecule has 2 fully saturated rings. The number of aromatic nitrogens is 1. The van der Waals surface area contributed by atoms with Gasteiger partial charge in [-0.25, -0.2) is 0 Å². The van der Waals surface area contributed by atoms with Crippen molar-refractivity contribution in [3.8, 4) is 0 Å². The number of pyridine rings is 1. The topological polar surface area (TPSA) is 82.8 Å². The number of benzene rings is 1. The zero-order chi connectivity index (χ0) is 19.5. The standard InChI is InChI=1S/C20H25N5O3/c26-19(24-9-2-1-3-10-24)15-22-11-13-23(14-12-22)18-7-6-17(25(27)28)16-5-4-8-21-20(16)18/h4-8H,1-3,9-15H2. The van der Waals surface area contributed by atoms with Gasteiger partial charge in [-0.3, -0.25) is 24.8 Å². The summed E-state index contributed by atoms with van der Waals surface area (Å²) in [7, 11) is 0. The third kappa shape index (κ3) is 3.77. The molecule has 148 valence electrons. The smallest absolute Gasteiger partial charge is 0.278 e. The normalized spacial score (nSPS) is 18.4. The quantitative estimate of drug-likeness (QED) is 0.595. The van der Waals surface area contributed by atoms with E-state index in [2.05, 4.69) is 14.8 Å². The van der Waals surface area contributed by atoms with E-state index in [1.807, 2.05) is 4.90 Å². The van der Waals surface area contributed by atoms with Crippen LogP contribution in [0.4, 0.5) is 11.4 Å². The van der Waals surface area contributed by atoms with E-state index in [-0.39, 0.29) is 16.5 Å². The Morgan fingerprint density at radius 1 is 1.04 bits per heavy atom. The minimum atomic E-state index is -0.363. The molecule has 2 aliphatic rings. The molecule has 2 aliphatic heterocycles. The molecule has 0 atom stereocenters. The van der Waals surface area contributed by atoms with Crippen molar-refractivity contribution in [1.82, 2.24) is 14.8 Å². The first-order chi connectivity index (χ1) is 13.6. The maximum atomic E-state index is 12.5. The van der Waals surface area contributed by atoms with Gasteiger partial charge in [0.1, 0.15) is 5.52 Å². The highest BCUT2D eigenvalue weighted by atomic mass is 16.6. The SMILES string of the molecule is O=C(CN1CCN(c2ccc([N+](=O)[O-])c3cccnc23)CC1)N1CCCCC1. The molecule has 0 N–H and O–H groups in total. The second kappa shape index (κ2) is 8.10. The molecule has 0 spiro atoms. The van der Waals surface area contributed by atoms with Gasteiger partial charge in [0.15, 0.2) is 0 Å². The molecule has 0 radical (unpaired) electrons. The first-order valence-corrected chi connectivity index (χ1v) is 9.91. The largest absolute Gasteiger partial charge is 0.367 e. The number of piperidine rings is 1. The summed E-state index contributed by atoms with van der Waals surface area (Å²) in [5.74, 6) is 0.232. The Balaban J connectivity index is 1.43. The van der Waals surface area contributed by atoms with E-state index >= 15 is 0 Å². The Labute approximate surface area is 163 Å². The van der Waals surface area contributed by atoms with Gasteiger partial charge in [0.25, 0.3) is 5.69 Å². The van der Waals surface area contributed by atoms with Crippen LogP contribution in [-0.4, -0.2) is 71.4 Å². The van der Waals surface area contributed by atoms with Gasteiger partial charge >= 0.3 is 0 Å². The van der Waals surface area contributed by atoms with E-state index in [0.717, 1.165) is 57.8 Å². The molecule has 8 heteroatoms. The zero-order valence-electron chi connectivity index (χ0n) is 15.9. The number of fused-ring (bicyclic) bond motifs is 1. The van der Waals surface area contributed by atoms with Gasteiger partial charge in [0.05, 0.1) is 22.5 Å². The molecule has 1 aromatic carbocycles. The average molecular weight is 383 g/mol. The summed E-state index contributed by atoms with van der Waals surface area (Å²) in [6.07, 6.45) is 5.11. The molecular weight excluding hydrogens is 358 g/mol. The number of nitrogens with zero attached hydrogens (tertiary/aromatic N) is 5. The number of carbonyl (C=O) groups is 1. The van der Waals surface area contributed by atoms with Crippen LogP contribution in [0.3, 0.4) is 0 Å². The molecule has 1 aromatic heterocycles. The first-order valence-electron chi connectivity index (χ1n) is 9.91. The number of non-ortho nitro benzene ring substituents is 1. The number of piperazine rings is 1. The van der Waals surface area contributed by atoms with Gasteiger partial charge in [0, 0.05) is 51.5 Å². The van der Waals surface area contributed by atoms with Crippen LogP contribution in [0.25, 0.3) is 10.9 Å². The summed E-state index contributed by atoms with van der Waals surface area (Å²) >= 11 is 0. The summed E-state index contributed by atoms with van der Waals surface area (Å²) in [6.45, 7) is 5.40. The predicted molar refractivity (Wildman–Crippen MR) is 107 cm³/mol. The number of amides is 1. The van der Waals surface area contributed by atoms with Gasteiger partial charge in [-0.1, -0.05) is 0 Å². The predicted octanol–water partition coefficient (Wildman–Crippen LogP) is 2.28. The molecule has 3 heterocycles. The summed E-state index contributed by atoms with van der Waals surface area (Å²) < 4.78 is 0. The van der Waals surface area contributed by atoms with Crippen LogP contribution in [0.5, 0.6) is 0 Å². The highest BCUT2D eigenvalue weighted by molar-refractivity contribution is 5.97. The van der Waals surface area contributed by atoms with Crippen molar-refractivity contribution in [1.29, 1.82) is 0 Å². The second-order valence-electron chi connectivity index (χ2n) is 7.47. The lowest BCUT2D eigenvalue weighted by Gasteiger charge is -2.37. The van der Waals surface area contributed by atoms with Crippen molar-refractivity contribution in [2.45, 2.75) is 19.3 Å². The van der Waals surface area contributed by atoms with Crippen molar-refractivity contribution in [2.75, 3.05) is 50.7 Å². The third-order valence-corrected chi connectivity index (χ3v) is 5.70. The van der Waals surface area contributed by atoms with Crippen LogP contribution < -0.4 is 4.90 Å². The number of likely N-dealkylation sites (tertiary alicyclic amines) is 1. The Kier molecular flexibility index (Phi) is 5.38. The van der Waals surface area contributed by atoms with Crippen LogP contribution in [-0.2, 0) is 4.79 Å². The Morgan fingerprint density at radius 3 is 2.50 bits per heavy atom. The molecule has 0 bridgehead atoms. The molecule has 28 heavy (non-hydrogen) atoms. The van der Waals surface area contributed by atoms with E-state index in [4.69, 9.17) is 0 Å². The van der Waals surface area contributed by atoms with E-state index in [0.29, 0.717) is 17.4 Å². The summed E-state index contributed by atoms with van der Waals surface area (Å²) in [5.41, 5.74) is 1.66. The minimum Gasteiger partial charge on any atom is -0.367 e. The van der Waals surface area contributed by atoms with Crippen molar-refractivity contribution in [3.63, 3.8) is 0 Å². The minimum absolute atomic E-state index is 0.0811. The highest BCUT2D eigenvalue weighted by Crippen LogP contribution is 2.32. The maximum absolute atomic E-state index is 12.5. The first kappa shape index (κ1) is 18.6. The van der Waals surface area contributed by atoms with E-state index in [9.17, 15) is 14.9 Å². The average Bonchev–Trinajstić information content (AvgIpc) is 2.74. The van der Waals surface area contributed by atoms with Crippen molar-refractivity contribution < 1.29 is 9.72 Å². The van der Waals surface area contributed by atoms with Gasteiger partial charge in [-0.2, -0.15) is 0 Å². The maximum Gasteiger partial charge on any atom is 0.278 e. The van der Waals surface area contributed by atoms with Crippen LogP contribution >= 0.6 is 0 Å². The number of hydrogen-bond donors (Lipinski definition) is 0. The van der Waals surface area contributed by atoms with E-state index in [1.165, 1.54) is 6.42 Å². The summed E-state index contributed by atoms with van der Waals surface area (Å²) in [6, 6.07) is 6.83. The molecule has 2 aromatic rings. The highest BCUT2D eigenvalue weighted by Gasteiger charge is 2.25. The van der Waals surface area contributed by atoms with Crippen LogP contribution in [0, 0.1) is 10.1 Å². The Bertz CT molecular complexity index is 873. The molecule has 4 rings (SSSR count).